The van der Waals surface area contributed by atoms with Gasteiger partial charge in [0.25, 0.3) is 0 Å². The number of aryl methyl sites for hydroxylation is 2. The molecule has 0 fully saturated rings. The molecule has 0 bridgehead atoms. The van der Waals surface area contributed by atoms with E-state index in [4.69, 9.17) is 2.74 Å². The average molecular weight is 533 g/mol. The molecular formula is C24H22IrN2+3. The average Bonchev–Trinajstić information content (AvgIpc) is 2.80. The van der Waals surface area contributed by atoms with Crippen LogP contribution in [0.4, 0.5) is 0 Å². The van der Waals surface area contributed by atoms with Crippen LogP contribution in [0.2, 0.25) is 0 Å². The first kappa shape index (κ1) is 17.8. The van der Waals surface area contributed by atoms with Crippen LogP contribution in [0.15, 0.2) is 97.3 Å². The molecule has 3 heteroatoms. The van der Waals surface area contributed by atoms with Crippen molar-refractivity contribution in [3.8, 4) is 22.5 Å². The van der Waals surface area contributed by atoms with Gasteiger partial charge >= 0.3 is 20.1 Å². The molecule has 0 aliphatic carbocycles. The molecule has 0 saturated carbocycles. The Balaban J connectivity index is 0.000000200. The topological polar surface area (TPSA) is 25.8 Å². The van der Waals surface area contributed by atoms with E-state index >= 15 is 0 Å². The van der Waals surface area contributed by atoms with Crippen LogP contribution in [-0.2, 0) is 20.1 Å². The van der Waals surface area contributed by atoms with Crippen molar-refractivity contribution >= 4 is 0 Å². The second kappa shape index (κ2) is 10.5. The Morgan fingerprint density at radius 1 is 0.556 bits per heavy atom. The predicted molar refractivity (Wildman–Crippen MR) is 109 cm³/mol. The standard InChI is InChI=1S/2C12H11N.Ir/c2*1-10-6-5-9-13-12(10)11-7-3-2-4-8-11;/h2*2-9H,1H3;/q;;+3/i2*1D;. The molecule has 0 saturated heterocycles. The normalized spacial score (nSPS) is 10.5. The molecule has 134 valence electrons. The number of pyridine rings is 2. The quantitative estimate of drug-likeness (QED) is 0.311. The minimum absolute atomic E-state index is 0. The summed E-state index contributed by atoms with van der Waals surface area (Å²) in [5.41, 5.74) is 5.94. The maximum atomic E-state index is 7.39. The Bertz CT molecular complexity index is 913. The Kier molecular flexibility index (Phi) is 6.93. The van der Waals surface area contributed by atoms with E-state index in [1.165, 1.54) is 0 Å². The molecule has 0 aliphatic heterocycles. The van der Waals surface area contributed by atoms with Crippen LogP contribution >= 0.6 is 0 Å². The maximum absolute atomic E-state index is 7.39. The molecule has 0 aliphatic rings. The molecule has 0 spiro atoms. The molecule has 0 atom stereocenters. The Labute approximate surface area is 177 Å². The van der Waals surface area contributed by atoms with E-state index in [-0.39, 0.29) is 33.9 Å². The van der Waals surface area contributed by atoms with Crippen molar-refractivity contribution < 1.29 is 22.8 Å². The summed E-state index contributed by atoms with van der Waals surface area (Å²) in [7, 11) is 0. The third-order valence-corrected chi connectivity index (χ3v) is 3.88. The van der Waals surface area contributed by atoms with Crippen molar-refractivity contribution in [2.24, 2.45) is 0 Å². The second-order valence-electron chi connectivity index (χ2n) is 5.75. The molecule has 4 rings (SSSR count). The van der Waals surface area contributed by atoms with E-state index in [0.29, 0.717) is 0 Å². The molecule has 2 aromatic carbocycles. The van der Waals surface area contributed by atoms with E-state index in [1.807, 2.05) is 84.9 Å². The van der Waals surface area contributed by atoms with Crippen molar-refractivity contribution in [1.29, 1.82) is 0 Å². The van der Waals surface area contributed by atoms with Gasteiger partial charge in [0.1, 0.15) is 0 Å². The van der Waals surface area contributed by atoms with Crippen LogP contribution in [0.1, 0.15) is 13.9 Å². The van der Waals surface area contributed by atoms with Gasteiger partial charge in [-0.3, -0.25) is 9.97 Å². The van der Waals surface area contributed by atoms with Crippen LogP contribution in [0.25, 0.3) is 22.5 Å². The fourth-order valence-electron chi connectivity index (χ4n) is 2.59. The van der Waals surface area contributed by atoms with Gasteiger partial charge in [-0.1, -0.05) is 72.8 Å². The van der Waals surface area contributed by atoms with Crippen molar-refractivity contribution in [3.05, 3.63) is 108 Å². The summed E-state index contributed by atoms with van der Waals surface area (Å²) in [4.78, 5) is 8.60. The smallest absolute Gasteiger partial charge is 0.256 e. The van der Waals surface area contributed by atoms with Crippen LogP contribution in [0.3, 0.4) is 0 Å². The van der Waals surface area contributed by atoms with E-state index < -0.39 is 0 Å². The van der Waals surface area contributed by atoms with E-state index in [0.717, 1.165) is 33.6 Å². The predicted octanol–water partition coefficient (Wildman–Crippen LogP) is 6.11. The van der Waals surface area contributed by atoms with Crippen LogP contribution in [0, 0.1) is 13.8 Å². The van der Waals surface area contributed by atoms with Gasteiger partial charge < -0.3 is 0 Å². The largest absolute Gasteiger partial charge is 3.00 e. The fourth-order valence-corrected chi connectivity index (χ4v) is 2.59. The third-order valence-electron chi connectivity index (χ3n) is 3.88. The summed E-state index contributed by atoms with van der Waals surface area (Å²) >= 11 is 0. The molecule has 2 aromatic heterocycles. The van der Waals surface area contributed by atoms with Gasteiger partial charge in [0, 0.05) is 26.3 Å². The van der Waals surface area contributed by atoms with Gasteiger partial charge in [0.05, 0.1) is 11.4 Å². The molecule has 0 amide bonds. The van der Waals surface area contributed by atoms with Gasteiger partial charge in [-0.25, -0.2) is 0 Å². The molecule has 0 N–H and O–H groups in total. The van der Waals surface area contributed by atoms with Gasteiger partial charge in [0.2, 0.25) is 0 Å². The maximum Gasteiger partial charge on any atom is 3.00 e. The number of hydrogen-bond donors (Lipinski definition) is 0. The van der Waals surface area contributed by atoms with Crippen molar-refractivity contribution in [3.63, 3.8) is 0 Å². The summed E-state index contributed by atoms with van der Waals surface area (Å²) in [5.74, 6) is 0. The van der Waals surface area contributed by atoms with E-state index in [9.17, 15) is 0 Å². The molecule has 0 radical (unpaired) electrons. The Morgan fingerprint density at radius 3 is 1.33 bits per heavy atom. The fraction of sp³-hybridized carbons (Fsp3) is 0.0833. The van der Waals surface area contributed by atoms with E-state index in [2.05, 4.69) is 9.97 Å². The first-order chi connectivity index (χ1) is 13.8. The number of aromatic nitrogens is 2. The zero-order valence-corrected chi connectivity index (χ0v) is 17.3. The van der Waals surface area contributed by atoms with Crippen LogP contribution in [0.5, 0.6) is 0 Å². The molecular weight excluding hydrogens is 508 g/mol. The summed E-state index contributed by atoms with van der Waals surface area (Å²) in [5, 5.41) is 0. The van der Waals surface area contributed by atoms with Crippen LogP contribution < -0.4 is 0 Å². The zero-order chi connectivity index (χ0) is 19.6. The molecule has 27 heavy (non-hydrogen) atoms. The first-order valence-corrected chi connectivity index (χ1v) is 8.40. The monoisotopic (exact) mass is 533 g/mol. The minimum Gasteiger partial charge on any atom is -0.256 e. The summed E-state index contributed by atoms with van der Waals surface area (Å²) in [6.45, 7) is 0.552. The Morgan fingerprint density at radius 2 is 0.963 bits per heavy atom. The van der Waals surface area contributed by atoms with Gasteiger partial charge in [-0.2, -0.15) is 0 Å². The van der Waals surface area contributed by atoms with Gasteiger partial charge in [-0.05, 0) is 37.1 Å². The number of nitrogens with zero attached hydrogens (tertiary/aromatic N) is 2. The number of rotatable bonds is 2. The summed E-state index contributed by atoms with van der Waals surface area (Å²) in [6, 6.07) is 27.6. The van der Waals surface area contributed by atoms with Crippen molar-refractivity contribution in [1.82, 2.24) is 9.97 Å². The summed E-state index contributed by atoms with van der Waals surface area (Å²) in [6.07, 6.45) is 3.53. The zero-order valence-electron chi connectivity index (χ0n) is 16.9. The van der Waals surface area contributed by atoms with E-state index in [1.54, 1.807) is 12.4 Å². The summed E-state index contributed by atoms with van der Waals surface area (Å²) < 4.78 is 14.8. The van der Waals surface area contributed by atoms with Gasteiger partial charge in [0.15, 0.2) is 0 Å². The van der Waals surface area contributed by atoms with Crippen molar-refractivity contribution in [2.75, 3.05) is 0 Å². The Hall–Kier alpha value is -2.61. The first-order valence-electron chi connectivity index (χ1n) is 9.82. The third kappa shape index (κ3) is 5.68. The molecule has 0 unspecified atom stereocenters. The second-order valence-corrected chi connectivity index (χ2v) is 5.75. The number of benzene rings is 2. The van der Waals surface area contributed by atoms with Gasteiger partial charge in [-0.15, -0.1) is 0 Å². The molecule has 2 heterocycles. The number of hydrogen-bond acceptors (Lipinski definition) is 2. The molecule has 2 nitrogen and oxygen atoms in total. The molecule has 4 aromatic rings. The SMILES string of the molecule is [2H]Cc1cccnc1-c1ccccc1.[2H]Cc1cccnc1-c1ccccc1.[Ir+3]. The van der Waals surface area contributed by atoms with Crippen molar-refractivity contribution in [2.45, 2.75) is 13.8 Å². The van der Waals surface area contributed by atoms with Crippen LogP contribution in [-0.4, -0.2) is 9.97 Å². The minimum atomic E-state index is 0.